The number of hydrogen-bond donors (Lipinski definition) is 0. The molecule has 0 saturated heterocycles. The van der Waals surface area contributed by atoms with E-state index in [1.54, 1.807) is 12.1 Å². The third kappa shape index (κ3) is 1.72. The lowest BCUT2D eigenvalue weighted by Crippen LogP contribution is -1.82. The number of fused-ring (bicyclic) bond motifs is 1. The SMILES string of the molecule is Cc1ccc(-c2cc(F)c3ccoc3c2)cc1. The van der Waals surface area contributed by atoms with E-state index in [-0.39, 0.29) is 5.82 Å². The molecule has 0 saturated carbocycles. The Morgan fingerprint density at radius 1 is 0.941 bits per heavy atom. The topological polar surface area (TPSA) is 13.1 Å². The number of aryl methyl sites for hydroxylation is 1. The van der Waals surface area contributed by atoms with Crippen LogP contribution in [0.15, 0.2) is 53.1 Å². The van der Waals surface area contributed by atoms with Crippen LogP contribution in [0.1, 0.15) is 5.56 Å². The van der Waals surface area contributed by atoms with Crippen molar-refractivity contribution in [1.29, 1.82) is 0 Å². The van der Waals surface area contributed by atoms with Crippen LogP contribution >= 0.6 is 0 Å². The first-order valence-electron chi connectivity index (χ1n) is 5.48. The summed E-state index contributed by atoms with van der Waals surface area (Å²) in [5.74, 6) is -0.244. The van der Waals surface area contributed by atoms with E-state index in [0.29, 0.717) is 11.0 Å². The zero-order valence-corrected chi connectivity index (χ0v) is 9.41. The van der Waals surface area contributed by atoms with E-state index in [0.717, 1.165) is 11.1 Å². The van der Waals surface area contributed by atoms with Crippen molar-refractivity contribution in [3.8, 4) is 11.1 Å². The summed E-state index contributed by atoms with van der Waals surface area (Å²) < 4.78 is 19.0. The predicted octanol–water partition coefficient (Wildman–Crippen LogP) is 4.55. The van der Waals surface area contributed by atoms with Gasteiger partial charge < -0.3 is 4.42 Å². The molecule has 1 nitrogen and oxygen atoms in total. The summed E-state index contributed by atoms with van der Waals surface area (Å²) in [6, 6.07) is 13.0. The molecule has 1 heterocycles. The lowest BCUT2D eigenvalue weighted by Gasteiger charge is -2.03. The summed E-state index contributed by atoms with van der Waals surface area (Å²) in [5, 5.41) is 0.529. The first-order valence-corrected chi connectivity index (χ1v) is 5.48. The van der Waals surface area contributed by atoms with Crippen LogP contribution in [0, 0.1) is 12.7 Å². The Kier molecular flexibility index (Phi) is 2.22. The van der Waals surface area contributed by atoms with Crippen molar-refractivity contribution in [2.75, 3.05) is 0 Å². The summed E-state index contributed by atoms with van der Waals surface area (Å²) in [5.41, 5.74) is 3.60. The van der Waals surface area contributed by atoms with Gasteiger partial charge in [0.1, 0.15) is 11.4 Å². The second kappa shape index (κ2) is 3.74. The molecule has 3 aromatic rings. The highest BCUT2D eigenvalue weighted by Crippen LogP contribution is 2.27. The van der Waals surface area contributed by atoms with Crippen LogP contribution < -0.4 is 0 Å². The number of halogens is 1. The fourth-order valence-corrected chi connectivity index (χ4v) is 1.94. The number of furan rings is 1. The van der Waals surface area contributed by atoms with Crippen LogP contribution in [0.4, 0.5) is 4.39 Å². The molecule has 3 rings (SSSR count). The normalized spacial score (nSPS) is 10.9. The molecule has 0 fully saturated rings. The van der Waals surface area contributed by atoms with Gasteiger partial charge in [-0.2, -0.15) is 0 Å². The lowest BCUT2D eigenvalue weighted by molar-refractivity contribution is 0.611. The fourth-order valence-electron chi connectivity index (χ4n) is 1.94. The molecular weight excluding hydrogens is 215 g/mol. The van der Waals surface area contributed by atoms with Gasteiger partial charge in [0.2, 0.25) is 0 Å². The maximum Gasteiger partial charge on any atom is 0.137 e. The van der Waals surface area contributed by atoms with Crippen LogP contribution in [-0.2, 0) is 0 Å². The molecule has 0 aliphatic carbocycles. The third-order valence-electron chi connectivity index (χ3n) is 2.91. The molecule has 0 N–H and O–H groups in total. The molecule has 0 atom stereocenters. The molecular formula is C15H11FO. The van der Waals surface area contributed by atoms with Crippen molar-refractivity contribution >= 4 is 11.0 Å². The first-order chi connectivity index (χ1) is 8.24. The molecule has 1 aromatic heterocycles. The standard InChI is InChI=1S/C15H11FO/c1-10-2-4-11(5-3-10)12-8-14(16)13-6-7-17-15(13)9-12/h2-9H,1H3. The lowest BCUT2D eigenvalue weighted by atomic mass is 10.0. The Labute approximate surface area is 98.5 Å². The minimum Gasteiger partial charge on any atom is -0.464 e. The smallest absolute Gasteiger partial charge is 0.137 e. The van der Waals surface area contributed by atoms with Crippen LogP contribution in [-0.4, -0.2) is 0 Å². The monoisotopic (exact) mass is 226 g/mol. The zero-order valence-electron chi connectivity index (χ0n) is 9.41. The maximum atomic E-state index is 13.8. The predicted molar refractivity (Wildman–Crippen MR) is 66.3 cm³/mol. The summed E-state index contributed by atoms with van der Waals surface area (Å²) in [6.45, 7) is 2.03. The van der Waals surface area contributed by atoms with Gasteiger partial charge in [0, 0.05) is 0 Å². The van der Waals surface area contributed by atoms with E-state index in [4.69, 9.17) is 4.42 Å². The summed E-state index contributed by atoms with van der Waals surface area (Å²) in [7, 11) is 0. The minimum atomic E-state index is -0.244. The molecule has 0 unspecified atom stereocenters. The Morgan fingerprint density at radius 3 is 2.47 bits per heavy atom. The third-order valence-corrected chi connectivity index (χ3v) is 2.91. The molecule has 17 heavy (non-hydrogen) atoms. The van der Waals surface area contributed by atoms with E-state index in [1.807, 2.05) is 37.3 Å². The van der Waals surface area contributed by atoms with Crippen molar-refractivity contribution in [1.82, 2.24) is 0 Å². The number of hydrogen-bond acceptors (Lipinski definition) is 1. The van der Waals surface area contributed by atoms with Gasteiger partial charge >= 0.3 is 0 Å². The molecule has 0 aliphatic rings. The van der Waals surface area contributed by atoms with E-state index >= 15 is 0 Å². The van der Waals surface area contributed by atoms with Gasteiger partial charge in [0.15, 0.2) is 0 Å². The number of benzene rings is 2. The Balaban J connectivity index is 2.20. The zero-order chi connectivity index (χ0) is 11.8. The van der Waals surface area contributed by atoms with E-state index in [1.165, 1.54) is 11.8 Å². The highest BCUT2D eigenvalue weighted by molar-refractivity contribution is 5.83. The van der Waals surface area contributed by atoms with E-state index in [9.17, 15) is 4.39 Å². The fraction of sp³-hybridized carbons (Fsp3) is 0.0667. The van der Waals surface area contributed by atoms with Crippen LogP contribution in [0.25, 0.3) is 22.1 Å². The molecule has 0 radical (unpaired) electrons. The quantitative estimate of drug-likeness (QED) is 0.593. The van der Waals surface area contributed by atoms with Crippen LogP contribution in [0.5, 0.6) is 0 Å². The van der Waals surface area contributed by atoms with E-state index in [2.05, 4.69) is 0 Å². The molecule has 84 valence electrons. The highest BCUT2D eigenvalue weighted by atomic mass is 19.1. The van der Waals surface area contributed by atoms with Gasteiger partial charge in [-0.25, -0.2) is 4.39 Å². The van der Waals surface area contributed by atoms with Gasteiger partial charge in [-0.05, 0) is 36.2 Å². The molecule has 0 amide bonds. The van der Waals surface area contributed by atoms with Gasteiger partial charge in [0.25, 0.3) is 0 Å². The van der Waals surface area contributed by atoms with Gasteiger partial charge in [-0.1, -0.05) is 29.8 Å². The van der Waals surface area contributed by atoms with Gasteiger partial charge in [-0.3, -0.25) is 0 Å². The molecule has 0 bridgehead atoms. The molecule has 0 aliphatic heterocycles. The number of rotatable bonds is 1. The average molecular weight is 226 g/mol. The van der Waals surface area contributed by atoms with Crippen molar-refractivity contribution in [3.05, 3.63) is 60.1 Å². The van der Waals surface area contributed by atoms with Gasteiger partial charge in [0.05, 0.1) is 11.6 Å². The molecule has 0 spiro atoms. The van der Waals surface area contributed by atoms with E-state index < -0.39 is 0 Å². The van der Waals surface area contributed by atoms with Crippen LogP contribution in [0.3, 0.4) is 0 Å². The van der Waals surface area contributed by atoms with Gasteiger partial charge in [-0.15, -0.1) is 0 Å². The van der Waals surface area contributed by atoms with Crippen molar-refractivity contribution < 1.29 is 8.81 Å². The summed E-state index contributed by atoms with van der Waals surface area (Å²) >= 11 is 0. The average Bonchev–Trinajstić information content (AvgIpc) is 2.78. The van der Waals surface area contributed by atoms with Crippen molar-refractivity contribution in [3.63, 3.8) is 0 Å². The van der Waals surface area contributed by atoms with Crippen molar-refractivity contribution in [2.45, 2.75) is 6.92 Å². The second-order valence-corrected chi connectivity index (χ2v) is 4.16. The minimum absolute atomic E-state index is 0.244. The largest absolute Gasteiger partial charge is 0.464 e. The molecule has 2 heteroatoms. The van der Waals surface area contributed by atoms with Crippen LogP contribution in [0.2, 0.25) is 0 Å². The summed E-state index contributed by atoms with van der Waals surface area (Å²) in [6.07, 6.45) is 1.51. The first kappa shape index (κ1) is 10.1. The Bertz CT molecular complexity index is 665. The Morgan fingerprint density at radius 2 is 1.71 bits per heavy atom. The Hall–Kier alpha value is -2.09. The second-order valence-electron chi connectivity index (χ2n) is 4.16. The maximum absolute atomic E-state index is 13.8. The molecule has 2 aromatic carbocycles. The summed E-state index contributed by atoms with van der Waals surface area (Å²) in [4.78, 5) is 0. The van der Waals surface area contributed by atoms with Crippen molar-refractivity contribution in [2.24, 2.45) is 0 Å². The highest BCUT2D eigenvalue weighted by Gasteiger charge is 2.07.